The van der Waals surface area contributed by atoms with Crippen LogP contribution in [0.25, 0.3) is 0 Å². The van der Waals surface area contributed by atoms with Gasteiger partial charge < -0.3 is 24.1 Å². The Morgan fingerprint density at radius 1 is 0.786 bits per heavy atom. The van der Waals surface area contributed by atoms with Gasteiger partial charge in [-0.15, -0.1) is 0 Å². The van der Waals surface area contributed by atoms with Gasteiger partial charge in [-0.25, -0.2) is 0 Å². The summed E-state index contributed by atoms with van der Waals surface area (Å²) < 4.78 is 21.7. The van der Waals surface area contributed by atoms with Crippen molar-refractivity contribution < 1.29 is 24.1 Å². The molecular weight excluding hydrogens is 356 g/mol. The predicted molar refractivity (Wildman–Crippen MR) is 113 cm³/mol. The molecular formula is C23H40O5. The van der Waals surface area contributed by atoms with Crippen molar-refractivity contribution in [3.63, 3.8) is 0 Å². The molecule has 5 heteroatoms. The molecule has 1 aromatic rings. The van der Waals surface area contributed by atoms with Gasteiger partial charge in [0.25, 0.3) is 0 Å². The molecule has 0 spiro atoms. The molecule has 0 aliphatic rings. The summed E-state index contributed by atoms with van der Waals surface area (Å²) in [6, 6.07) is 8.55. The first-order valence-corrected chi connectivity index (χ1v) is 10.7. The molecule has 5 nitrogen and oxygen atoms in total. The van der Waals surface area contributed by atoms with Crippen molar-refractivity contribution in [2.45, 2.75) is 58.3 Å². The monoisotopic (exact) mass is 396 g/mol. The van der Waals surface area contributed by atoms with E-state index in [2.05, 4.69) is 45.0 Å². The zero-order valence-electron chi connectivity index (χ0n) is 18.1. The second-order valence-electron chi connectivity index (χ2n) is 7.30. The first-order valence-electron chi connectivity index (χ1n) is 10.7. The van der Waals surface area contributed by atoms with Crippen LogP contribution < -0.4 is 4.74 Å². The molecule has 0 saturated carbocycles. The first kappa shape index (κ1) is 24.9. The third-order valence-electron chi connectivity index (χ3n) is 5.14. The zero-order valence-corrected chi connectivity index (χ0v) is 18.1. The van der Waals surface area contributed by atoms with Crippen LogP contribution in [0.4, 0.5) is 0 Å². The molecule has 0 aliphatic heterocycles. The highest BCUT2D eigenvalue weighted by Gasteiger charge is 2.23. The van der Waals surface area contributed by atoms with Crippen LogP contribution in [0.15, 0.2) is 24.3 Å². The van der Waals surface area contributed by atoms with E-state index in [1.165, 1.54) is 31.2 Å². The van der Waals surface area contributed by atoms with E-state index in [9.17, 15) is 0 Å². The quantitative estimate of drug-likeness (QED) is 0.374. The minimum atomic E-state index is 0.0444. The van der Waals surface area contributed by atoms with E-state index in [0.29, 0.717) is 46.2 Å². The van der Waals surface area contributed by atoms with Gasteiger partial charge in [0.2, 0.25) is 0 Å². The van der Waals surface area contributed by atoms with Gasteiger partial charge >= 0.3 is 0 Å². The lowest BCUT2D eigenvalue weighted by molar-refractivity contribution is 0.00361. The second kappa shape index (κ2) is 15.7. The van der Waals surface area contributed by atoms with E-state index >= 15 is 0 Å². The molecule has 0 saturated heterocycles. The lowest BCUT2D eigenvalue weighted by atomic mass is 9.76. The average Bonchev–Trinajstić information content (AvgIpc) is 2.72. The minimum absolute atomic E-state index is 0.0444. The number of benzene rings is 1. The number of aliphatic hydroxyl groups excluding tert-OH is 1. The van der Waals surface area contributed by atoms with Gasteiger partial charge in [0, 0.05) is 0 Å². The summed E-state index contributed by atoms with van der Waals surface area (Å²) >= 11 is 0. The topological polar surface area (TPSA) is 57.2 Å². The molecule has 0 amide bonds. The molecule has 0 fully saturated rings. The van der Waals surface area contributed by atoms with Crippen molar-refractivity contribution in [3.05, 3.63) is 29.8 Å². The van der Waals surface area contributed by atoms with Gasteiger partial charge in [0.15, 0.2) is 0 Å². The van der Waals surface area contributed by atoms with Gasteiger partial charge in [0.05, 0.1) is 46.2 Å². The lowest BCUT2D eigenvalue weighted by Gasteiger charge is -2.29. The van der Waals surface area contributed by atoms with E-state index in [-0.39, 0.29) is 12.0 Å². The molecule has 1 atom stereocenters. The Labute approximate surface area is 171 Å². The first-order chi connectivity index (χ1) is 13.7. The Kier molecular flexibility index (Phi) is 14.0. The van der Waals surface area contributed by atoms with E-state index in [4.69, 9.17) is 24.1 Å². The highest BCUT2D eigenvalue weighted by Crippen LogP contribution is 2.34. The fraction of sp³-hybridized carbons (Fsp3) is 0.739. The zero-order chi connectivity index (χ0) is 20.5. The lowest BCUT2D eigenvalue weighted by Crippen LogP contribution is -2.20. The van der Waals surface area contributed by atoms with Crippen molar-refractivity contribution in [3.8, 4) is 5.75 Å². The Balaban J connectivity index is 2.17. The molecule has 0 aliphatic carbocycles. The largest absolute Gasteiger partial charge is 0.491 e. The molecule has 1 N–H and O–H groups in total. The van der Waals surface area contributed by atoms with Crippen LogP contribution in [0, 0.1) is 0 Å². The Hall–Kier alpha value is -1.14. The van der Waals surface area contributed by atoms with E-state index < -0.39 is 0 Å². The molecule has 1 aromatic carbocycles. The third kappa shape index (κ3) is 10.4. The van der Waals surface area contributed by atoms with Crippen LogP contribution in [0.5, 0.6) is 5.75 Å². The van der Waals surface area contributed by atoms with Gasteiger partial charge in [-0.2, -0.15) is 0 Å². The van der Waals surface area contributed by atoms with Gasteiger partial charge in [-0.05, 0) is 36.0 Å². The van der Waals surface area contributed by atoms with Gasteiger partial charge in [-0.3, -0.25) is 0 Å². The summed E-state index contributed by atoms with van der Waals surface area (Å²) in [5.41, 5.74) is 1.65. The highest BCUT2D eigenvalue weighted by atomic mass is 16.6. The molecule has 0 aromatic heterocycles. The molecule has 28 heavy (non-hydrogen) atoms. The Morgan fingerprint density at radius 3 is 1.89 bits per heavy atom. The maximum absolute atomic E-state index is 8.57. The summed E-state index contributed by atoms with van der Waals surface area (Å²) in [5, 5.41) is 8.57. The third-order valence-corrected chi connectivity index (χ3v) is 5.14. The smallest absolute Gasteiger partial charge is 0.119 e. The summed E-state index contributed by atoms with van der Waals surface area (Å²) in [6.45, 7) is 10.4. The maximum atomic E-state index is 8.57. The molecule has 0 heterocycles. The van der Waals surface area contributed by atoms with Crippen LogP contribution in [0.3, 0.4) is 0 Å². The second-order valence-corrected chi connectivity index (χ2v) is 7.30. The van der Waals surface area contributed by atoms with Crippen LogP contribution in [-0.2, 0) is 19.6 Å². The van der Waals surface area contributed by atoms with E-state index in [0.717, 1.165) is 12.2 Å². The molecule has 0 radical (unpaired) electrons. The molecule has 1 rings (SSSR count). The van der Waals surface area contributed by atoms with Gasteiger partial charge in [-0.1, -0.05) is 52.2 Å². The minimum Gasteiger partial charge on any atom is -0.491 e. The van der Waals surface area contributed by atoms with Crippen molar-refractivity contribution in [1.29, 1.82) is 0 Å². The van der Waals surface area contributed by atoms with Gasteiger partial charge in [0.1, 0.15) is 12.4 Å². The van der Waals surface area contributed by atoms with E-state index in [1.54, 1.807) is 0 Å². The summed E-state index contributed by atoms with van der Waals surface area (Å²) in [6.07, 6.45) is 6.25. The number of unbranched alkanes of at least 4 members (excludes halogenated alkanes) is 2. The van der Waals surface area contributed by atoms with Crippen molar-refractivity contribution in [2.24, 2.45) is 0 Å². The predicted octanol–water partition coefficient (Wildman–Crippen LogP) is 4.36. The van der Waals surface area contributed by atoms with Crippen LogP contribution >= 0.6 is 0 Å². The fourth-order valence-corrected chi connectivity index (χ4v) is 3.07. The number of hydrogen-bond acceptors (Lipinski definition) is 5. The summed E-state index contributed by atoms with van der Waals surface area (Å²) in [5.74, 6) is 0.886. The van der Waals surface area contributed by atoms with E-state index in [1.807, 2.05) is 0 Å². The molecule has 162 valence electrons. The number of hydrogen-bond donors (Lipinski definition) is 1. The molecule has 1 unspecified atom stereocenters. The fourth-order valence-electron chi connectivity index (χ4n) is 3.07. The summed E-state index contributed by atoms with van der Waals surface area (Å²) in [4.78, 5) is 0. The maximum Gasteiger partial charge on any atom is 0.119 e. The normalized spacial score (nSPS) is 13.4. The Morgan fingerprint density at radius 2 is 1.36 bits per heavy atom. The number of rotatable bonds is 18. The number of aliphatic hydroxyl groups is 1. The summed E-state index contributed by atoms with van der Waals surface area (Å²) in [7, 11) is 0. The number of ether oxygens (including phenoxy) is 4. The van der Waals surface area contributed by atoms with Crippen LogP contribution in [-0.4, -0.2) is 58.0 Å². The highest BCUT2D eigenvalue weighted by molar-refractivity contribution is 5.32. The van der Waals surface area contributed by atoms with Crippen molar-refractivity contribution in [1.82, 2.24) is 0 Å². The SMILES string of the molecule is CCCCCC(C)(CC)c1ccc(OCCOCCOCCOCCO)cc1. The average molecular weight is 397 g/mol. The van der Waals surface area contributed by atoms with Crippen molar-refractivity contribution >= 4 is 0 Å². The van der Waals surface area contributed by atoms with Crippen LogP contribution in [0.1, 0.15) is 58.4 Å². The molecule has 0 bridgehead atoms. The van der Waals surface area contributed by atoms with Crippen molar-refractivity contribution in [2.75, 3.05) is 52.9 Å². The Bertz CT molecular complexity index is 476. The standard InChI is InChI=1S/C23H40O5/c1-4-6-7-12-23(3,5-2)21-8-10-22(11-9-21)28-20-19-27-18-17-26-16-15-25-14-13-24/h8-11,24H,4-7,12-20H2,1-3H3. The van der Waals surface area contributed by atoms with Crippen LogP contribution in [0.2, 0.25) is 0 Å².